The van der Waals surface area contributed by atoms with Crippen molar-refractivity contribution >= 4 is 12.0 Å². The van der Waals surface area contributed by atoms with Gasteiger partial charge in [0.15, 0.2) is 0 Å². The Balaban J connectivity index is 1.88. The molecule has 0 aromatic carbocycles. The number of urea groups is 1. The molecule has 108 valence electrons. The summed E-state index contributed by atoms with van der Waals surface area (Å²) in [5, 5.41) is 8.79. The van der Waals surface area contributed by atoms with Gasteiger partial charge in [-0.05, 0) is 26.2 Å². The van der Waals surface area contributed by atoms with E-state index in [9.17, 15) is 9.59 Å². The van der Waals surface area contributed by atoms with Crippen LogP contribution in [0.25, 0.3) is 0 Å². The summed E-state index contributed by atoms with van der Waals surface area (Å²) in [6.45, 7) is 6.38. The van der Waals surface area contributed by atoms with Crippen LogP contribution in [0.3, 0.4) is 0 Å². The molecule has 0 aromatic heterocycles. The molecule has 3 atom stereocenters. The zero-order valence-electron chi connectivity index (χ0n) is 11.5. The maximum Gasteiger partial charge on any atom is 0.320 e. The highest BCUT2D eigenvalue weighted by molar-refractivity contribution is 5.75. The Labute approximate surface area is 113 Å². The lowest BCUT2D eigenvalue weighted by Crippen LogP contribution is -2.52. The number of hydrogen-bond acceptors (Lipinski definition) is 3. The number of nitrogens with zero attached hydrogens (tertiary/aromatic N) is 2. The molecule has 0 radical (unpaired) electrons. The summed E-state index contributed by atoms with van der Waals surface area (Å²) in [5.74, 6) is -0.690. The van der Waals surface area contributed by atoms with E-state index in [1.54, 1.807) is 4.90 Å². The Morgan fingerprint density at radius 3 is 2.37 bits per heavy atom. The summed E-state index contributed by atoms with van der Waals surface area (Å²) in [4.78, 5) is 26.7. The first-order valence-corrected chi connectivity index (χ1v) is 6.86. The molecule has 1 unspecified atom stereocenters. The minimum atomic E-state index is -0.784. The van der Waals surface area contributed by atoms with Crippen LogP contribution in [0.15, 0.2) is 0 Å². The predicted molar refractivity (Wildman–Crippen MR) is 68.9 cm³/mol. The highest BCUT2D eigenvalue weighted by Crippen LogP contribution is 2.22. The molecule has 2 fully saturated rings. The van der Waals surface area contributed by atoms with Crippen molar-refractivity contribution in [2.45, 2.75) is 38.9 Å². The van der Waals surface area contributed by atoms with Crippen molar-refractivity contribution in [2.75, 3.05) is 26.2 Å². The van der Waals surface area contributed by atoms with Crippen molar-refractivity contribution in [2.24, 2.45) is 5.92 Å². The lowest BCUT2D eigenvalue weighted by atomic mass is 10.1. The van der Waals surface area contributed by atoms with Gasteiger partial charge in [-0.25, -0.2) is 4.79 Å². The van der Waals surface area contributed by atoms with Crippen LogP contribution in [0.1, 0.15) is 26.7 Å². The van der Waals surface area contributed by atoms with Gasteiger partial charge >= 0.3 is 12.0 Å². The number of morpholine rings is 1. The van der Waals surface area contributed by atoms with Gasteiger partial charge < -0.3 is 19.6 Å². The van der Waals surface area contributed by atoms with E-state index in [0.717, 1.165) is 6.42 Å². The molecule has 0 aromatic rings. The molecule has 0 saturated carbocycles. The zero-order valence-corrected chi connectivity index (χ0v) is 11.5. The van der Waals surface area contributed by atoms with Crippen LogP contribution in [-0.2, 0) is 9.53 Å². The zero-order chi connectivity index (χ0) is 14.0. The van der Waals surface area contributed by atoms with E-state index in [-0.39, 0.29) is 30.6 Å². The molecule has 19 heavy (non-hydrogen) atoms. The third kappa shape index (κ3) is 3.59. The predicted octanol–water partition coefficient (Wildman–Crippen LogP) is 1.01. The Morgan fingerprint density at radius 2 is 1.79 bits per heavy atom. The van der Waals surface area contributed by atoms with E-state index in [0.29, 0.717) is 26.2 Å². The fourth-order valence-corrected chi connectivity index (χ4v) is 2.95. The van der Waals surface area contributed by atoms with Gasteiger partial charge in [0.25, 0.3) is 0 Å². The van der Waals surface area contributed by atoms with E-state index in [1.807, 2.05) is 18.7 Å². The van der Waals surface area contributed by atoms with Gasteiger partial charge in [0.05, 0.1) is 12.2 Å². The quantitative estimate of drug-likeness (QED) is 0.813. The van der Waals surface area contributed by atoms with E-state index in [4.69, 9.17) is 9.84 Å². The van der Waals surface area contributed by atoms with Crippen LogP contribution in [0.5, 0.6) is 0 Å². The van der Waals surface area contributed by atoms with Crippen LogP contribution in [-0.4, -0.2) is 65.3 Å². The molecule has 2 heterocycles. The Kier molecular flexibility index (Phi) is 4.29. The molecular formula is C13H22N2O4. The average Bonchev–Trinajstić information content (AvgIpc) is 2.74. The number of carboxylic acids is 1. The van der Waals surface area contributed by atoms with Crippen LogP contribution in [0.4, 0.5) is 4.79 Å². The van der Waals surface area contributed by atoms with E-state index in [1.165, 1.54) is 0 Å². The first-order chi connectivity index (χ1) is 8.95. The van der Waals surface area contributed by atoms with Crippen molar-refractivity contribution in [3.63, 3.8) is 0 Å². The van der Waals surface area contributed by atoms with Crippen molar-refractivity contribution in [1.29, 1.82) is 0 Å². The monoisotopic (exact) mass is 270 g/mol. The molecule has 1 N–H and O–H groups in total. The first kappa shape index (κ1) is 14.1. The fraction of sp³-hybridized carbons (Fsp3) is 0.846. The fourth-order valence-electron chi connectivity index (χ4n) is 2.95. The number of carboxylic acid groups (broad SMARTS) is 1. The Bertz CT molecular complexity index is 351. The highest BCUT2D eigenvalue weighted by atomic mass is 16.5. The number of rotatable bonds is 2. The summed E-state index contributed by atoms with van der Waals surface area (Å²) < 4.78 is 5.61. The number of aliphatic carboxylic acids is 1. The summed E-state index contributed by atoms with van der Waals surface area (Å²) in [7, 11) is 0. The summed E-state index contributed by atoms with van der Waals surface area (Å²) in [5.41, 5.74) is 0. The number of carbonyl (C=O) groups is 2. The van der Waals surface area contributed by atoms with Gasteiger partial charge in [-0.1, -0.05) is 0 Å². The standard InChI is InChI=1S/C13H22N2O4/c1-9-6-15(7-10(2)19-9)13(18)14-4-3-11(8-14)5-12(16)17/h9-11H,3-8H2,1-2H3,(H,16,17)/t9-,10+,11?. The third-order valence-electron chi connectivity index (χ3n) is 3.71. The number of amides is 2. The van der Waals surface area contributed by atoms with Crippen LogP contribution in [0, 0.1) is 5.92 Å². The second kappa shape index (κ2) is 5.77. The Hall–Kier alpha value is -1.30. The Morgan fingerprint density at radius 1 is 1.16 bits per heavy atom. The first-order valence-electron chi connectivity index (χ1n) is 6.86. The maximum absolute atomic E-state index is 12.4. The maximum atomic E-state index is 12.4. The second-order valence-electron chi connectivity index (χ2n) is 5.64. The molecule has 0 aliphatic carbocycles. The molecule has 6 heteroatoms. The number of ether oxygens (including phenoxy) is 1. The average molecular weight is 270 g/mol. The minimum Gasteiger partial charge on any atom is -0.481 e. The molecule has 0 spiro atoms. The van der Waals surface area contributed by atoms with Gasteiger partial charge in [-0.2, -0.15) is 0 Å². The van der Waals surface area contributed by atoms with E-state index < -0.39 is 5.97 Å². The lowest BCUT2D eigenvalue weighted by molar-refractivity contribution is -0.138. The minimum absolute atomic E-state index is 0.0230. The molecule has 6 nitrogen and oxygen atoms in total. The molecule has 0 bridgehead atoms. The third-order valence-corrected chi connectivity index (χ3v) is 3.71. The molecule has 2 saturated heterocycles. The lowest BCUT2D eigenvalue weighted by Gasteiger charge is -2.37. The smallest absolute Gasteiger partial charge is 0.320 e. The van der Waals surface area contributed by atoms with E-state index in [2.05, 4.69) is 0 Å². The number of hydrogen-bond donors (Lipinski definition) is 1. The highest BCUT2D eigenvalue weighted by Gasteiger charge is 2.33. The van der Waals surface area contributed by atoms with Crippen LogP contribution in [0.2, 0.25) is 0 Å². The normalized spacial score (nSPS) is 31.6. The second-order valence-corrected chi connectivity index (χ2v) is 5.64. The molecule has 2 aliphatic heterocycles. The SMILES string of the molecule is C[C@@H]1CN(C(=O)N2CCC(CC(=O)O)C2)C[C@H](C)O1. The van der Waals surface area contributed by atoms with Crippen LogP contribution >= 0.6 is 0 Å². The van der Waals surface area contributed by atoms with Gasteiger partial charge in [0.2, 0.25) is 0 Å². The van der Waals surface area contributed by atoms with Gasteiger partial charge in [-0.3, -0.25) is 4.79 Å². The van der Waals surface area contributed by atoms with Gasteiger partial charge in [-0.15, -0.1) is 0 Å². The topological polar surface area (TPSA) is 70.1 Å². The largest absolute Gasteiger partial charge is 0.481 e. The van der Waals surface area contributed by atoms with Crippen LogP contribution < -0.4 is 0 Å². The molecule has 2 aliphatic rings. The van der Waals surface area contributed by atoms with E-state index >= 15 is 0 Å². The summed E-state index contributed by atoms with van der Waals surface area (Å²) in [6, 6.07) is 0.0230. The van der Waals surface area contributed by atoms with Crippen molar-refractivity contribution < 1.29 is 19.4 Å². The molecular weight excluding hydrogens is 248 g/mol. The van der Waals surface area contributed by atoms with Gasteiger partial charge in [0.1, 0.15) is 0 Å². The number of carbonyl (C=O) groups excluding carboxylic acids is 1. The van der Waals surface area contributed by atoms with Crippen molar-refractivity contribution in [1.82, 2.24) is 9.80 Å². The molecule has 2 amide bonds. The summed E-state index contributed by atoms with van der Waals surface area (Å²) >= 11 is 0. The van der Waals surface area contributed by atoms with Crippen molar-refractivity contribution in [3.05, 3.63) is 0 Å². The summed E-state index contributed by atoms with van der Waals surface area (Å²) in [6.07, 6.45) is 1.06. The number of likely N-dealkylation sites (tertiary alicyclic amines) is 1. The molecule has 2 rings (SSSR count). The van der Waals surface area contributed by atoms with Gasteiger partial charge in [0, 0.05) is 32.6 Å². The van der Waals surface area contributed by atoms with Crippen molar-refractivity contribution in [3.8, 4) is 0 Å².